The van der Waals surface area contributed by atoms with E-state index in [0.717, 1.165) is 23.3 Å². The number of nitrogens with zero attached hydrogens (tertiary/aromatic N) is 2. The first-order valence-corrected chi connectivity index (χ1v) is 7.06. The molecular formula is C15H15N5O5. The quantitative estimate of drug-likeness (QED) is 0.325. The fraction of sp³-hybridized carbons (Fsp3) is 0.133. The van der Waals surface area contributed by atoms with Crippen molar-refractivity contribution in [3.05, 3.63) is 67.3 Å². The molecule has 0 heterocycles. The number of nitro benzene ring substituents is 2. The Morgan fingerprint density at radius 3 is 1.84 bits per heavy atom. The van der Waals surface area contributed by atoms with Crippen LogP contribution in [0, 0.1) is 34.1 Å². The normalized spacial score (nSPS) is 10.2. The SMILES string of the molecule is Cc1cc(C)cc(Nc2c([N+](=O)[O-])cc(C(=O)NN)cc2[N+](=O)[O-])c1. The van der Waals surface area contributed by atoms with Gasteiger partial charge < -0.3 is 5.32 Å². The summed E-state index contributed by atoms with van der Waals surface area (Å²) < 4.78 is 0. The summed E-state index contributed by atoms with van der Waals surface area (Å²) in [6, 6.07) is 7.14. The van der Waals surface area contributed by atoms with Crippen LogP contribution in [-0.4, -0.2) is 15.8 Å². The third kappa shape index (κ3) is 3.87. The van der Waals surface area contributed by atoms with Gasteiger partial charge in [0.1, 0.15) is 0 Å². The average molecular weight is 345 g/mol. The van der Waals surface area contributed by atoms with Crippen LogP contribution in [0.4, 0.5) is 22.7 Å². The first kappa shape index (κ1) is 17.8. The summed E-state index contributed by atoms with van der Waals surface area (Å²) in [5, 5.41) is 25.5. The molecule has 0 aliphatic carbocycles. The number of amides is 1. The van der Waals surface area contributed by atoms with E-state index in [-0.39, 0.29) is 11.3 Å². The number of carbonyl (C=O) groups excluding carboxylic acids is 1. The Kier molecular flexibility index (Phi) is 4.94. The van der Waals surface area contributed by atoms with Crippen LogP contribution in [0.2, 0.25) is 0 Å². The molecule has 0 atom stereocenters. The van der Waals surface area contributed by atoms with Crippen molar-refractivity contribution in [2.75, 3.05) is 5.32 Å². The molecule has 130 valence electrons. The van der Waals surface area contributed by atoms with Crippen LogP contribution in [-0.2, 0) is 0 Å². The van der Waals surface area contributed by atoms with Gasteiger partial charge in [0.15, 0.2) is 5.69 Å². The predicted octanol–water partition coefficient (Wildman–Crippen LogP) is 2.47. The summed E-state index contributed by atoms with van der Waals surface area (Å²) in [5.41, 5.74) is 2.21. The molecule has 2 rings (SSSR count). The second kappa shape index (κ2) is 6.93. The Hall–Kier alpha value is -3.53. The Balaban J connectivity index is 2.67. The highest BCUT2D eigenvalue weighted by Gasteiger charge is 2.28. The number of nitrogens with one attached hydrogen (secondary N) is 2. The summed E-state index contributed by atoms with van der Waals surface area (Å²) in [5.74, 6) is 4.13. The van der Waals surface area contributed by atoms with Crippen LogP contribution < -0.4 is 16.6 Å². The summed E-state index contributed by atoms with van der Waals surface area (Å²) in [7, 11) is 0. The molecule has 10 nitrogen and oxygen atoms in total. The molecule has 4 N–H and O–H groups in total. The minimum Gasteiger partial charge on any atom is -0.344 e. The van der Waals surface area contributed by atoms with Crippen molar-refractivity contribution >= 4 is 28.7 Å². The van der Waals surface area contributed by atoms with Gasteiger partial charge >= 0.3 is 11.4 Å². The maximum absolute atomic E-state index is 11.6. The van der Waals surface area contributed by atoms with Crippen LogP contribution >= 0.6 is 0 Å². The maximum Gasteiger partial charge on any atom is 0.300 e. The molecule has 1 amide bonds. The number of hydrazine groups is 1. The van der Waals surface area contributed by atoms with Gasteiger partial charge in [0.25, 0.3) is 5.91 Å². The lowest BCUT2D eigenvalue weighted by Crippen LogP contribution is -2.30. The molecule has 0 unspecified atom stereocenters. The van der Waals surface area contributed by atoms with E-state index < -0.39 is 27.1 Å². The molecule has 0 saturated carbocycles. The average Bonchev–Trinajstić information content (AvgIpc) is 2.52. The smallest absolute Gasteiger partial charge is 0.300 e. The molecular weight excluding hydrogens is 330 g/mol. The second-order valence-corrected chi connectivity index (χ2v) is 5.38. The molecule has 0 spiro atoms. The maximum atomic E-state index is 11.6. The van der Waals surface area contributed by atoms with Crippen molar-refractivity contribution < 1.29 is 14.6 Å². The summed E-state index contributed by atoms with van der Waals surface area (Å²) in [6.07, 6.45) is 0. The van der Waals surface area contributed by atoms with Gasteiger partial charge in [-0.3, -0.25) is 30.4 Å². The van der Waals surface area contributed by atoms with Crippen molar-refractivity contribution in [1.82, 2.24) is 5.43 Å². The Labute approximate surface area is 141 Å². The van der Waals surface area contributed by atoms with Gasteiger partial charge in [-0.1, -0.05) is 6.07 Å². The van der Waals surface area contributed by atoms with Crippen molar-refractivity contribution in [3.63, 3.8) is 0 Å². The molecule has 0 aliphatic rings. The van der Waals surface area contributed by atoms with Crippen LogP contribution in [0.3, 0.4) is 0 Å². The molecule has 0 aliphatic heterocycles. The number of aryl methyl sites for hydroxylation is 2. The zero-order chi connectivity index (χ0) is 18.7. The van der Waals surface area contributed by atoms with E-state index in [1.807, 2.05) is 19.9 Å². The fourth-order valence-electron chi connectivity index (χ4n) is 2.43. The van der Waals surface area contributed by atoms with Crippen LogP contribution in [0.15, 0.2) is 30.3 Å². The van der Waals surface area contributed by atoms with Gasteiger partial charge in [-0.05, 0) is 37.1 Å². The Morgan fingerprint density at radius 2 is 1.44 bits per heavy atom. The minimum atomic E-state index is -0.871. The van der Waals surface area contributed by atoms with E-state index in [4.69, 9.17) is 5.84 Å². The van der Waals surface area contributed by atoms with E-state index in [9.17, 15) is 25.0 Å². The topological polar surface area (TPSA) is 153 Å². The van der Waals surface area contributed by atoms with Crippen molar-refractivity contribution in [2.24, 2.45) is 5.84 Å². The van der Waals surface area contributed by atoms with E-state index >= 15 is 0 Å². The number of hydrogen-bond acceptors (Lipinski definition) is 7. The first-order chi connectivity index (χ1) is 11.7. The lowest BCUT2D eigenvalue weighted by molar-refractivity contribution is -0.392. The minimum absolute atomic E-state index is 0.285. The number of anilines is 2. The predicted molar refractivity (Wildman–Crippen MR) is 90.6 cm³/mol. The number of rotatable bonds is 5. The first-order valence-electron chi connectivity index (χ1n) is 7.06. The van der Waals surface area contributed by atoms with Crippen molar-refractivity contribution in [3.8, 4) is 0 Å². The largest absolute Gasteiger partial charge is 0.344 e. The van der Waals surface area contributed by atoms with E-state index in [1.165, 1.54) is 0 Å². The molecule has 0 aromatic heterocycles. The highest BCUT2D eigenvalue weighted by Crippen LogP contribution is 2.38. The van der Waals surface area contributed by atoms with Crippen molar-refractivity contribution in [1.29, 1.82) is 0 Å². The highest BCUT2D eigenvalue weighted by molar-refractivity contribution is 5.97. The van der Waals surface area contributed by atoms with Crippen LogP contribution in [0.1, 0.15) is 21.5 Å². The van der Waals surface area contributed by atoms with E-state index in [1.54, 1.807) is 17.6 Å². The lowest BCUT2D eigenvalue weighted by atomic mass is 10.1. The van der Waals surface area contributed by atoms with Gasteiger partial charge in [-0.15, -0.1) is 0 Å². The fourth-order valence-corrected chi connectivity index (χ4v) is 2.43. The zero-order valence-corrected chi connectivity index (χ0v) is 13.4. The Bertz CT molecular complexity index is 825. The van der Waals surface area contributed by atoms with Crippen LogP contribution in [0.5, 0.6) is 0 Å². The van der Waals surface area contributed by atoms with Gasteiger partial charge in [0.2, 0.25) is 0 Å². The number of carbonyl (C=O) groups is 1. The molecule has 2 aromatic carbocycles. The molecule has 0 radical (unpaired) electrons. The van der Waals surface area contributed by atoms with E-state index in [0.29, 0.717) is 5.69 Å². The molecule has 10 heteroatoms. The number of hydrogen-bond donors (Lipinski definition) is 3. The van der Waals surface area contributed by atoms with Crippen molar-refractivity contribution in [2.45, 2.75) is 13.8 Å². The lowest BCUT2D eigenvalue weighted by Gasteiger charge is -2.11. The monoisotopic (exact) mass is 345 g/mol. The van der Waals surface area contributed by atoms with E-state index in [2.05, 4.69) is 5.32 Å². The summed E-state index contributed by atoms with van der Waals surface area (Å²) in [4.78, 5) is 32.7. The summed E-state index contributed by atoms with van der Waals surface area (Å²) >= 11 is 0. The number of nitrogen functional groups attached to an aromatic ring is 1. The molecule has 0 saturated heterocycles. The Morgan fingerprint density at radius 1 is 0.960 bits per heavy atom. The molecule has 25 heavy (non-hydrogen) atoms. The number of nitrogens with two attached hydrogens (primary N) is 1. The number of nitro groups is 2. The van der Waals surface area contributed by atoms with Gasteiger partial charge in [-0.25, -0.2) is 5.84 Å². The van der Waals surface area contributed by atoms with Gasteiger partial charge in [-0.2, -0.15) is 0 Å². The molecule has 0 bridgehead atoms. The number of benzene rings is 2. The van der Waals surface area contributed by atoms with Gasteiger partial charge in [0, 0.05) is 17.8 Å². The standard InChI is InChI=1S/C15H15N5O5/c1-8-3-9(2)5-11(4-8)17-14-12(19(22)23)6-10(15(21)18-16)7-13(14)20(24)25/h3-7,17H,16H2,1-2H3,(H,18,21). The van der Waals surface area contributed by atoms with Crippen LogP contribution in [0.25, 0.3) is 0 Å². The molecule has 0 fully saturated rings. The molecule has 2 aromatic rings. The zero-order valence-electron chi connectivity index (χ0n) is 13.4. The third-order valence-corrected chi connectivity index (χ3v) is 3.37. The third-order valence-electron chi connectivity index (χ3n) is 3.37. The summed E-state index contributed by atoms with van der Waals surface area (Å²) in [6.45, 7) is 3.66. The highest BCUT2D eigenvalue weighted by atomic mass is 16.6. The van der Waals surface area contributed by atoms with Gasteiger partial charge in [0.05, 0.1) is 15.4 Å². The second-order valence-electron chi connectivity index (χ2n) is 5.38.